The van der Waals surface area contributed by atoms with Crippen LogP contribution < -0.4 is 0 Å². The maximum atomic E-state index is 5.94. The quantitative estimate of drug-likeness (QED) is 0.173. The van der Waals surface area contributed by atoms with Crippen LogP contribution in [0.3, 0.4) is 0 Å². The lowest BCUT2D eigenvalue weighted by atomic mass is 9.73. The smallest absolute Gasteiger partial charge is 0.240 e. The first-order valence-electron chi connectivity index (χ1n) is 40.4. The van der Waals surface area contributed by atoms with E-state index in [1.165, 1.54) is 111 Å². The summed E-state index contributed by atoms with van der Waals surface area (Å²) in [5.41, 5.74) is 42.1. The molecule has 3 aromatic heterocycles. The number of aromatic nitrogens is 5. The molecule has 0 saturated heterocycles. The molecule has 16 aromatic carbocycles. The standard InChI is InChI=1S/C110H77N5/c1-107(2)92-28-15-11-24-80(92)84-44-34-71(60-96(84)107)67-38-48-100-88(56-67)89-57-68(72-35-45-85-81-25-12-16-29-93(81)108(3,4)97(85)61-72)39-49-101(89)114(100)105-111-104-75-23-19-22-66(52-75)78-54-76(64-20-9-8-10-21-64)53-77(55-78)65-32-42-79(43-33-65)110(7)95-31-18-14-27-83(95)87-47-37-74(63-99(87)110)70-41-51-103-91(59-70)90-58-69(40-50-102(90)115(103)106(112-104)113-105)73-36-46-86-82-26-13-17-30-94(82)109(5,6)98(86)62-73/h8-63H,1-7H3. The molecule has 14 bridgehead atoms. The van der Waals surface area contributed by atoms with Gasteiger partial charge in [0.05, 0.1) is 22.1 Å². The SMILES string of the molecule is CC1(C)c2ccccc2-c2ccc(-c3ccc4c(c3)c3cc(-c5ccc6c(c5)C(C)(C)c5ccccc5-6)ccc3n4-c3nc4nc(n3)-n3c5ccc(-c6ccc7c(c6)C(C)(C)c6ccccc6-7)cc5c5cc(ccc53)-c3ccc5c(c3)C(C)(c3ccc(cc3)-c3cc(-c6ccccc6)cc(c3)-c3cccc-4c3)c3ccccc3-5)cc21. The van der Waals surface area contributed by atoms with Gasteiger partial charge in [0.1, 0.15) is 0 Å². The zero-order valence-electron chi connectivity index (χ0n) is 65.1. The number of hydrogen-bond acceptors (Lipinski definition) is 3. The van der Waals surface area contributed by atoms with E-state index >= 15 is 0 Å². The number of nitrogens with zero attached hydrogens (tertiary/aromatic N) is 5. The van der Waals surface area contributed by atoms with Crippen molar-refractivity contribution in [3.05, 3.63) is 390 Å². The van der Waals surface area contributed by atoms with Gasteiger partial charge >= 0.3 is 0 Å². The van der Waals surface area contributed by atoms with Gasteiger partial charge in [0.15, 0.2) is 5.82 Å². The van der Waals surface area contributed by atoms with Crippen LogP contribution in [0.25, 0.3) is 189 Å². The summed E-state index contributed by atoms with van der Waals surface area (Å²) in [5, 5.41) is 4.41. The Labute approximate surface area is 668 Å². The van der Waals surface area contributed by atoms with Gasteiger partial charge in [-0.2, -0.15) is 15.0 Å². The van der Waals surface area contributed by atoms with Crippen LogP contribution in [0.15, 0.2) is 340 Å². The van der Waals surface area contributed by atoms with Crippen molar-refractivity contribution >= 4 is 43.6 Å². The van der Waals surface area contributed by atoms with Crippen molar-refractivity contribution in [2.24, 2.45) is 0 Å². The molecule has 0 fully saturated rings. The maximum Gasteiger partial charge on any atom is 0.240 e. The van der Waals surface area contributed by atoms with E-state index in [-0.39, 0.29) is 16.2 Å². The van der Waals surface area contributed by atoms with Crippen molar-refractivity contribution < 1.29 is 0 Å². The summed E-state index contributed by atoms with van der Waals surface area (Å²) in [6, 6.07) is 129. The van der Waals surface area contributed by atoms with Gasteiger partial charge in [-0.3, -0.25) is 9.13 Å². The average molecular weight is 1470 g/mol. The summed E-state index contributed by atoms with van der Waals surface area (Å²) in [6.07, 6.45) is 0. The molecular weight excluding hydrogens is 1390 g/mol. The van der Waals surface area contributed by atoms with Crippen LogP contribution in [0.2, 0.25) is 0 Å². The minimum Gasteiger partial charge on any atom is -0.278 e. The molecule has 7 aliphatic rings. The van der Waals surface area contributed by atoms with E-state index in [1.54, 1.807) is 0 Å². The molecule has 19 aromatic rings. The molecule has 542 valence electrons. The van der Waals surface area contributed by atoms with Crippen molar-refractivity contribution in [2.45, 2.75) is 70.1 Å². The third-order valence-corrected chi connectivity index (χ3v) is 27.2. The minimum absolute atomic E-state index is 0.169. The zero-order chi connectivity index (χ0) is 76.7. The summed E-state index contributed by atoms with van der Waals surface area (Å²) in [4.78, 5) is 17.6. The largest absolute Gasteiger partial charge is 0.278 e. The Kier molecular flexibility index (Phi) is 13.5. The van der Waals surface area contributed by atoms with Gasteiger partial charge in [0.25, 0.3) is 0 Å². The van der Waals surface area contributed by atoms with Gasteiger partial charge in [-0.15, -0.1) is 0 Å². The Bertz CT molecular complexity index is 7340. The minimum atomic E-state index is -0.453. The Hall–Kier alpha value is -13.9. The Morgan fingerprint density at radius 1 is 0.191 bits per heavy atom. The molecule has 0 radical (unpaired) electrons. The van der Waals surface area contributed by atoms with Crippen LogP contribution in [0, 0.1) is 0 Å². The van der Waals surface area contributed by atoms with Gasteiger partial charge in [0, 0.05) is 48.8 Å². The highest BCUT2D eigenvalue weighted by atomic mass is 15.3. The van der Waals surface area contributed by atoms with Gasteiger partial charge in [0.2, 0.25) is 11.9 Å². The summed E-state index contributed by atoms with van der Waals surface area (Å²) >= 11 is 0. The monoisotopic (exact) mass is 1470 g/mol. The van der Waals surface area contributed by atoms with E-state index in [4.69, 9.17) is 15.0 Å². The van der Waals surface area contributed by atoms with Gasteiger partial charge in [-0.05, 0) is 276 Å². The topological polar surface area (TPSA) is 48.5 Å². The van der Waals surface area contributed by atoms with E-state index in [0.717, 1.165) is 110 Å². The fourth-order valence-corrected chi connectivity index (χ4v) is 21.1. The zero-order valence-corrected chi connectivity index (χ0v) is 65.1. The van der Waals surface area contributed by atoms with Crippen LogP contribution in [-0.4, -0.2) is 24.1 Å². The molecule has 5 nitrogen and oxygen atoms in total. The van der Waals surface area contributed by atoms with E-state index in [1.807, 2.05) is 0 Å². The second-order valence-corrected chi connectivity index (χ2v) is 34.4. The van der Waals surface area contributed by atoms with Gasteiger partial charge in [-0.25, -0.2) is 0 Å². The summed E-state index contributed by atoms with van der Waals surface area (Å²) in [6.45, 7) is 16.7. The first-order valence-corrected chi connectivity index (χ1v) is 40.4. The molecule has 26 rings (SSSR count). The van der Waals surface area contributed by atoms with E-state index in [9.17, 15) is 0 Å². The summed E-state index contributed by atoms with van der Waals surface area (Å²) in [5.74, 6) is 1.58. The van der Waals surface area contributed by atoms with Crippen LogP contribution in [0.4, 0.5) is 0 Å². The highest BCUT2D eigenvalue weighted by Gasteiger charge is 2.43. The van der Waals surface area contributed by atoms with Crippen molar-refractivity contribution in [3.63, 3.8) is 0 Å². The normalized spacial score (nSPS) is 15.5. The molecule has 0 saturated carbocycles. The van der Waals surface area contributed by atoms with Crippen molar-refractivity contribution in [1.29, 1.82) is 0 Å². The number of hydrogen-bond donors (Lipinski definition) is 0. The number of benzene rings is 16. The molecule has 3 aliphatic heterocycles. The van der Waals surface area contributed by atoms with Crippen molar-refractivity contribution in [2.75, 3.05) is 0 Å². The third kappa shape index (κ3) is 9.41. The van der Waals surface area contributed by atoms with Crippen molar-refractivity contribution in [3.8, 4) is 146 Å². The molecule has 5 heteroatoms. The molecule has 0 spiro atoms. The van der Waals surface area contributed by atoms with Gasteiger partial charge < -0.3 is 0 Å². The molecule has 115 heavy (non-hydrogen) atoms. The molecule has 6 heterocycles. The lowest BCUT2D eigenvalue weighted by Gasteiger charge is -2.29. The average Bonchev–Trinajstić information content (AvgIpc) is 1.36. The van der Waals surface area contributed by atoms with Crippen LogP contribution >= 0.6 is 0 Å². The highest BCUT2D eigenvalue weighted by molar-refractivity contribution is 6.13. The lowest BCUT2D eigenvalue weighted by molar-refractivity contribution is 0.660. The molecular formula is C110H77N5. The fourth-order valence-electron chi connectivity index (χ4n) is 21.1. The van der Waals surface area contributed by atoms with Crippen molar-refractivity contribution in [1.82, 2.24) is 24.1 Å². The highest BCUT2D eigenvalue weighted by Crippen LogP contribution is 2.57. The van der Waals surface area contributed by atoms with E-state index < -0.39 is 5.41 Å². The predicted molar refractivity (Wildman–Crippen MR) is 476 cm³/mol. The number of fused-ring (bicyclic) bond motifs is 17. The Morgan fingerprint density at radius 2 is 0.470 bits per heavy atom. The maximum absolute atomic E-state index is 5.94. The van der Waals surface area contributed by atoms with E-state index in [2.05, 4.69) is 397 Å². The van der Waals surface area contributed by atoms with E-state index in [0.29, 0.717) is 17.7 Å². The Morgan fingerprint density at radius 3 is 0.887 bits per heavy atom. The predicted octanol–water partition coefficient (Wildman–Crippen LogP) is 28.0. The third-order valence-electron chi connectivity index (χ3n) is 27.2. The molecule has 4 aliphatic carbocycles. The Balaban J connectivity index is 0.767. The number of rotatable bonds is 5. The lowest BCUT2D eigenvalue weighted by Crippen LogP contribution is -2.22. The van der Waals surface area contributed by atoms with Crippen LogP contribution in [-0.2, 0) is 21.7 Å². The molecule has 0 amide bonds. The van der Waals surface area contributed by atoms with Crippen LogP contribution in [0.1, 0.15) is 98.5 Å². The molecule has 1 unspecified atom stereocenters. The molecule has 1 atom stereocenters. The van der Waals surface area contributed by atoms with Crippen LogP contribution in [0.5, 0.6) is 0 Å². The van der Waals surface area contributed by atoms with Gasteiger partial charge in [-0.1, -0.05) is 284 Å². The fraction of sp³-hybridized carbons (Fsp3) is 0.100. The first kappa shape index (κ1) is 65.8. The summed E-state index contributed by atoms with van der Waals surface area (Å²) < 4.78 is 4.62. The molecule has 0 N–H and O–H groups in total. The summed E-state index contributed by atoms with van der Waals surface area (Å²) in [7, 11) is 0. The second-order valence-electron chi connectivity index (χ2n) is 34.4. The second kappa shape index (κ2) is 23.6. The first-order chi connectivity index (χ1) is 56.1.